The van der Waals surface area contributed by atoms with Gasteiger partial charge >= 0.3 is 0 Å². The molecule has 1 aromatic rings. The number of ether oxygens (including phenoxy) is 1. The van der Waals surface area contributed by atoms with Crippen LogP contribution in [0.25, 0.3) is 0 Å². The molecule has 0 aliphatic carbocycles. The van der Waals surface area contributed by atoms with Gasteiger partial charge in [0.15, 0.2) is 6.61 Å². The minimum atomic E-state index is -0.148. The molecule has 1 rings (SSSR count). The Morgan fingerprint density at radius 1 is 1.37 bits per heavy atom. The van der Waals surface area contributed by atoms with Crippen LogP contribution in [0.1, 0.15) is 31.9 Å². The molecule has 1 aromatic carbocycles. The molecule has 0 unspecified atom stereocenters. The van der Waals surface area contributed by atoms with Crippen LogP contribution in [0.4, 0.5) is 0 Å². The largest absolute Gasteiger partial charge is 0.484 e. The van der Waals surface area contributed by atoms with Gasteiger partial charge in [0.1, 0.15) is 5.75 Å². The predicted octanol–water partition coefficient (Wildman–Crippen LogP) is 1.75. The number of nitrogens with two attached hydrogens (primary N) is 1. The molecule has 0 saturated carbocycles. The summed E-state index contributed by atoms with van der Waals surface area (Å²) in [7, 11) is 0. The molecule has 0 atom stereocenters. The summed E-state index contributed by atoms with van der Waals surface area (Å²) in [5.41, 5.74) is 7.72. The van der Waals surface area contributed by atoms with Gasteiger partial charge in [0.05, 0.1) is 0 Å². The summed E-state index contributed by atoms with van der Waals surface area (Å²) < 4.78 is 5.51. The number of carbonyl (C=O) groups excluding carboxylic acids is 1. The maximum atomic E-state index is 11.4. The van der Waals surface area contributed by atoms with Crippen LogP contribution >= 0.6 is 0 Å². The summed E-state index contributed by atoms with van der Waals surface area (Å²) >= 11 is 0. The highest BCUT2D eigenvalue weighted by Gasteiger charge is 2.15. The second-order valence-electron chi connectivity index (χ2n) is 5.66. The Labute approximate surface area is 115 Å². The number of rotatable bonds is 5. The first-order chi connectivity index (χ1) is 8.84. The number of carbonyl (C=O) groups is 1. The molecule has 0 aromatic heterocycles. The van der Waals surface area contributed by atoms with Crippen molar-refractivity contribution in [2.75, 3.05) is 19.7 Å². The summed E-state index contributed by atoms with van der Waals surface area (Å²) in [6.07, 6.45) is 0. The molecule has 4 heteroatoms. The highest BCUT2D eigenvalue weighted by atomic mass is 16.5. The zero-order valence-corrected chi connectivity index (χ0v) is 12.2. The minimum absolute atomic E-state index is 0.0235. The number of nitrogens with one attached hydrogen (secondary N) is 1. The van der Waals surface area contributed by atoms with Crippen LogP contribution in [0.5, 0.6) is 5.75 Å². The molecule has 0 heterocycles. The van der Waals surface area contributed by atoms with Gasteiger partial charge in [-0.25, -0.2) is 0 Å². The van der Waals surface area contributed by atoms with Gasteiger partial charge in [0.2, 0.25) is 0 Å². The summed E-state index contributed by atoms with van der Waals surface area (Å²) in [4.78, 5) is 11.4. The van der Waals surface area contributed by atoms with E-state index in [1.807, 2.05) is 19.1 Å². The Morgan fingerprint density at radius 3 is 2.58 bits per heavy atom. The molecular formula is C15H24N2O2. The highest BCUT2D eigenvalue weighted by Crippen LogP contribution is 2.27. The zero-order valence-electron chi connectivity index (χ0n) is 12.2. The SMILES string of the molecule is Cc1cc(C(C)(C)C)ccc1OCC(=O)NCCN. The van der Waals surface area contributed by atoms with Crippen LogP contribution < -0.4 is 15.8 Å². The van der Waals surface area contributed by atoms with Crippen molar-refractivity contribution in [3.8, 4) is 5.75 Å². The van der Waals surface area contributed by atoms with E-state index in [4.69, 9.17) is 10.5 Å². The van der Waals surface area contributed by atoms with Crippen LogP contribution in [0.2, 0.25) is 0 Å². The van der Waals surface area contributed by atoms with E-state index in [1.165, 1.54) is 5.56 Å². The summed E-state index contributed by atoms with van der Waals surface area (Å²) in [5.74, 6) is 0.598. The Hall–Kier alpha value is -1.55. The first kappa shape index (κ1) is 15.5. The number of aryl methyl sites for hydroxylation is 1. The molecule has 0 radical (unpaired) electrons. The van der Waals surface area contributed by atoms with Gasteiger partial charge in [-0.3, -0.25) is 4.79 Å². The molecule has 0 saturated heterocycles. The van der Waals surface area contributed by atoms with E-state index in [-0.39, 0.29) is 17.9 Å². The van der Waals surface area contributed by atoms with Gasteiger partial charge in [-0.15, -0.1) is 0 Å². The number of hydrogen-bond acceptors (Lipinski definition) is 3. The smallest absolute Gasteiger partial charge is 0.257 e. The number of amides is 1. The van der Waals surface area contributed by atoms with Crippen LogP contribution in [-0.2, 0) is 10.2 Å². The lowest BCUT2D eigenvalue weighted by molar-refractivity contribution is -0.123. The first-order valence-electron chi connectivity index (χ1n) is 6.55. The molecule has 0 bridgehead atoms. The number of hydrogen-bond donors (Lipinski definition) is 2. The molecule has 106 valence electrons. The van der Waals surface area contributed by atoms with E-state index < -0.39 is 0 Å². The van der Waals surface area contributed by atoms with E-state index in [1.54, 1.807) is 0 Å². The van der Waals surface area contributed by atoms with Crippen molar-refractivity contribution < 1.29 is 9.53 Å². The average molecular weight is 264 g/mol. The molecule has 0 fully saturated rings. The summed E-state index contributed by atoms with van der Waals surface area (Å²) in [5, 5.41) is 2.67. The Bertz CT molecular complexity index is 436. The van der Waals surface area contributed by atoms with E-state index in [0.29, 0.717) is 13.1 Å². The van der Waals surface area contributed by atoms with Crippen molar-refractivity contribution in [2.45, 2.75) is 33.1 Å². The van der Waals surface area contributed by atoms with Crippen LogP contribution in [0.3, 0.4) is 0 Å². The van der Waals surface area contributed by atoms with Gasteiger partial charge < -0.3 is 15.8 Å². The monoisotopic (exact) mass is 264 g/mol. The fourth-order valence-electron chi connectivity index (χ4n) is 1.68. The van der Waals surface area contributed by atoms with Gasteiger partial charge in [-0.05, 0) is 29.5 Å². The van der Waals surface area contributed by atoms with Gasteiger partial charge in [-0.2, -0.15) is 0 Å². The quantitative estimate of drug-likeness (QED) is 0.851. The average Bonchev–Trinajstić information content (AvgIpc) is 2.33. The van der Waals surface area contributed by atoms with E-state index in [9.17, 15) is 4.79 Å². The highest BCUT2D eigenvalue weighted by molar-refractivity contribution is 5.77. The van der Waals surface area contributed by atoms with Gasteiger partial charge in [0.25, 0.3) is 5.91 Å². The third-order valence-electron chi connectivity index (χ3n) is 2.87. The lowest BCUT2D eigenvalue weighted by Crippen LogP contribution is -2.33. The summed E-state index contributed by atoms with van der Waals surface area (Å²) in [6.45, 7) is 9.43. The fraction of sp³-hybridized carbons (Fsp3) is 0.533. The second-order valence-corrected chi connectivity index (χ2v) is 5.66. The first-order valence-corrected chi connectivity index (χ1v) is 6.55. The third-order valence-corrected chi connectivity index (χ3v) is 2.87. The summed E-state index contributed by atoms with van der Waals surface area (Å²) in [6, 6.07) is 6.07. The molecule has 19 heavy (non-hydrogen) atoms. The number of benzene rings is 1. The van der Waals surface area contributed by atoms with E-state index in [2.05, 4.69) is 32.2 Å². The standard InChI is InChI=1S/C15H24N2O2/c1-11-9-12(15(2,3)4)5-6-13(11)19-10-14(18)17-8-7-16/h5-6,9H,7-8,10,16H2,1-4H3,(H,17,18). The maximum absolute atomic E-state index is 11.4. The van der Waals surface area contributed by atoms with Gasteiger partial charge in [-0.1, -0.05) is 32.9 Å². The maximum Gasteiger partial charge on any atom is 0.257 e. The zero-order chi connectivity index (χ0) is 14.5. The molecule has 3 N–H and O–H groups in total. The van der Waals surface area contributed by atoms with E-state index in [0.717, 1.165) is 11.3 Å². The van der Waals surface area contributed by atoms with Crippen molar-refractivity contribution in [3.05, 3.63) is 29.3 Å². The Balaban J connectivity index is 2.63. The normalized spacial score (nSPS) is 11.2. The molecule has 0 aliphatic heterocycles. The molecular weight excluding hydrogens is 240 g/mol. The molecule has 1 amide bonds. The van der Waals surface area contributed by atoms with Crippen molar-refractivity contribution in [3.63, 3.8) is 0 Å². The predicted molar refractivity (Wildman–Crippen MR) is 77.4 cm³/mol. The van der Waals surface area contributed by atoms with Crippen molar-refractivity contribution >= 4 is 5.91 Å². The van der Waals surface area contributed by atoms with Crippen LogP contribution in [0.15, 0.2) is 18.2 Å². The lowest BCUT2D eigenvalue weighted by atomic mass is 9.86. The second kappa shape index (κ2) is 6.57. The fourth-order valence-corrected chi connectivity index (χ4v) is 1.68. The topological polar surface area (TPSA) is 64.3 Å². The third kappa shape index (κ3) is 4.91. The van der Waals surface area contributed by atoms with E-state index >= 15 is 0 Å². The van der Waals surface area contributed by atoms with Crippen LogP contribution in [-0.4, -0.2) is 25.6 Å². The van der Waals surface area contributed by atoms with Gasteiger partial charge in [0, 0.05) is 13.1 Å². The van der Waals surface area contributed by atoms with Crippen molar-refractivity contribution in [1.29, 1.82) is 0 Å². The van der Waals surface area contributed by atoms with Crippen LogP contribution in [0, 0.1) is 6.92 Å². The lowest BCUT2D eigenvalue weighted by Gasteiger charge is -2.20. The Morgan fingerprint density at radius 2 is 2.05 bits per heavy atom. The minimum Gasteiger partial charge on any atom is -0.484 e. The van der Waals surface area contributed by atoms with Crippen molar-refractivity contribution in [2.24, 2.45) is 5.73 Å². The molecule has 4 nitrogen and oxygen atoms in total. The Kier molecular flexibility index (Phi) is 5.36. The van der Waals surface area contributed by atoms with Crippen molar-refractivity contribution in [1.82, 2.24) is 5.32 Å². The molecule has 0 aliphatic rings. The molecule has 0 spiro atoms.